The van der Waals surface area contributed by atoms with Gasteiger partial charge in [0.25, 0.3) is 0 Å². The molecular formula is C50H36Cl2N2O12. The molecule has 2 aromatic heterocycles. The molecule has 0 atom stereocenters. The van der Waals surface area contributed by atoms with E-state index in [-0.39, 0.29) is 19.1 Å². The summed E-state index contributed by atoms with van der Waals surface area (Å²) < 4.78 is 32.5. The Balaban J connectivity index is 0.000000167. The minimum Gasteiger partial charge on any atom is -0.477 e. The van der Waals surface area contributed by atoms with E-state index in [0.717, 1.165) is 33.6 Å². The number of ether oxygens (including phenoxy) is 4. The number of carboxylic acids is 2. The number of hydrogen-bond acceptors (Lipinski definition) is 12. The Bertz CT molecular complexity index is 3160. The fourth-order valence-electron chi connectivity index (χ4n) is 7.51. The maximum atomic E-state index is 12.1. The summed E-state index contributed by atoms with van der Waals surface area (Å²) in [5.74, 6) is 0.159. The first-order valence-electron chi connectivity index (χ1n) is 20.3. The van der Waals surface area contributed by atoms with E-state index in [9.17, 15) is 24.3 Å². The summed E-state index contributed by atoms with van der Waals surface area (Å²) >= 11 is 12.0. The summed E-state index contributed by atoms with van der Waals surface area (Å²) in [5.41, 5.74) is 3.80. The summed E-state index contributed by atoms with van der Waals surface area (Å²) in [7, 11) is 0. The van der Waals surface area contributed by atoms with E-state index in [2.05, 4.69) is 9.80 Å². The average Bonchev–Trinajstić information content (AvgIpc) is 3.99. The van der Waals surface area contributed by atoms with Crippen LogP contribution in [0, 0.1) is 0 Å². The topological polar surface area (TPSA) is 178 Å². The molecule has 66 heavy (non-hydrogen) atoms. The first-order valence-corrected chi connectivity index (χ1v) is 21.1. The maximum absolute atomic E-state index is 12.1. The third-order valence-corrected chi connectivity index (χ3v) is 11.3. The lowest BCUT2D eigenvalue weighted by molar-refractivity contribution is 0.0681. The largest absolute Gasteiger partial charge is 0.477 e. The molecule has 0 saturated heterocycles. The van der Waals surface area contributed by atoms with E-state index in [1.165, 1.54) is 12.1 Å². The molecule has 4 heterocycles. The Morgan fingerprint density at radius 3 is 1.21 bits per heavy atom. The van der Waals surface area contributed by atoms with Crippen molar-refractivity contribution in [2.24, 2.45) is 0 Å². The van der Waals surface area contributed by atoms with Crippen LogP contribution in [0.25, 0.3) is 21.9 Å². The predicted molar refractivity (Wildman–Crippen MR) is 247 cm³/mol. The van der Waals surface area contributed by atoms with Crippen molar-refractivity contribution >= 4 is 68.5 Å². The van der Waals surface area contributed by atoms with Crippen LogP contribution in [0.4, 0.5) is 11.4 Å². The molecule has 0 amide bonds. The molecule has 0 spiro atoms. The molecule has 0 aliphatic carbocycles. The average molecular weight is 928 g/mol. The number of hydrogen-bond donors (Lipinski definition) is 2. The second kappa shape index (κ2) is 18.6. The second-order valence-electron chi connectivity index (χ2n) is 15.3. The van der Waals surface area contributed by atoms with Gasteiger partial charge in [-0.1, -0.05) is 59.6 Å². The van der Waals surface area contributed by atoms with Crippen molar-refractivity contribution in [1.29, 1.82) is 0 Å². The van der Waals surface area contributed by atoms with Crippen molar-refractivity contribution in [3.8, 4) is 23.0 Å². The zero-order valence-electron chi connectivity index (χ0n) is 34.6. The van der Waals surface area contributed by atoms with Crippen LogP contribution >= 0.6 is 23.2 Å². The van der Waals surface area contributed by atoms with Crippen LogP contribution in [0.15, 0.2) is 152 Å². The Morgan fingerprint density at radius 2 is 0.818 bits per heavy atom. The van der Waals surface area contributed by atoms with Crippen LogP contribution in [0.3, 0.4) is 0 Å². The highest BCUT2D eigenvalue weighted by Crippen LogP contribution is 2.36. The number of fused-ring (bicyclic) bond motifs is 4. The number of rotatable bonds is 12. The molecule has 2 N–H and O–H groups in total. The van der Waals surface area contributed by atoms with E-state index in [1.807, 2.05) is 97.1 Å². The van der Waals surface area contributed by atoms with Gasteiger partial charge in [0.1, 0.15) is 22.3 Å². The van der Waals surface area contributed by atoms with Gasteiger partial charge < -0.3 is 47.8 Å². The van der Waals surface area contributed by atoms with Gasteiger partial charge in [0, 0.05) is 70.5 Å². The van der Waals surface area contributed by atoms with E-state index >= 15 is 0 Å². The minimum absolute atomic E-state index is 0.196. The Kier molecular flexibility index (Phi) is 12.2. The Hall–Kier alpha value is -7.94. The van der Waals surface area contributed by atoms with E-state index in [1.54, 1.807) is 24.3 Å². The normalized spacial score (nSPS) is 12.2. The molecule has 0 saturated carbocycles. The highest BCUT2D eigenvalue weighted by molar-refractivity contribution is 6.30. The summed E-state index contributed by atoms with van der Waals surface area (Å²) in [5, 5.41) is 20.8. The lowest BCUT2D eigenvalue weighted by Gasteiger charge is -2.25. The number of nitrogens with zero attached hydrogens (tertiary/aromatic N) is 2. The highest BCUT2D eigenvalue weighted by Gasteiger charge is 2.20. The molecule has 0 bridgehead atoms. The number of halogens is 2. The first-order chi connectivity index (χ1) is 31.9. The molecule has 0 unspecified atom stereocenters. The molecule has 332 valence electrons. The molecule has 8 aromatic rings. The SMILES string of the molecule is O=C(O)c1cc2ccc(N(Cc3ccc(Cl)cc3)Cc3ccc(Cl)cc3)cc2oc1=O.O=C(O)c1cc2ccc(N(Cc3ccc4c(c3)OCO4)Cc3ccc4c(c3)OCO4)cc2oc1=O. The van der Waals surface area contributed by atoms with Crippen molar-refractivity contribution in [2.45, 2.75) is 26.2 Å². The van der Waals surface area contributed by atoms with E-state index in [4.69, 9.17) is 56.1 Å². The summed E-state index contributed by atoms with van der Waals surface area (Å²) in [4.78, 5) is 50.9. The fraction of sp³-hybridized carbons (Fsp3) is 0.120. The van der Waals surface area contributed by atoms with Crippen molar-refractivity contribution in [3.05, 3.63) is 198 Å². The van der Waals surface area contributed by atoms with Crippen molar-refractivity contribution in [2.75, 3.05) is 23.4 Å². The standard InChI is InChI=1S/C26H19NO8.C24H17Cl2NO4/c28-25(29)19-9-17-3-4-18(10-22(17)35-26(19)30)27(11-15-1-5-20-23(7-15)33-13-31-20)12-16-2-6-21-24(8-16)34-14-32-21;25-18-6-1-15(2-7-18)13-27(14-16-3-8-19(26)9-4-16)20-10-5-17-11-21(23(28)29)24(30)31-22(17)12-20/h1-10H,11-14H2,(H,28,29);1-12H,13-14H2,(H,28,29). The third-order valence-electron chi connectivity index (χ3n) is 10.8. The summed E-state index contributed by atoms with van der Waals surface area (Å²) in [6.45, 7) is 2.61. The molecule has 14 nitrogen and oxygen atoms in total. The monoisotopic (exact) mass is 926 g/mol. The number of carboxylic acid groups (broad SMARTS) is 2. The Labute approximate surface area is 384 Å². The summed E-state index contributed by atoms with van der Waals surface area (Å²) in [6, 6.07) is 40.1. The quantitative estimate of drug-likeness (QED) is 0.111. The van der Waals surface area contributed by atoms with Crippen molar-refractivity contribution in [1.82, 2.24) is 0 Å². The minimum atomic E-state index is -1.32. The number of anilines is 2. The third kappa shape index (κ3) is 9.75. The van der Waals surface area contributed by atoms with Gasteiger partial charge in [-0.3, -0.25) is 0 Å². The van der Waals surface area contributed by atoms with Crippen LogP contribution in [-0.2, 0) is 26.2 Å². The highest BCUT2D eigenvalue weighted by atomic mass is 35.5. The molecule has 10 rings (SSSR count). The Morgan fingerprint density at radius 1 is 0.455 bits per heavy atom. The van der Waals surface area contributed by atoms with Gasteiger partial charge in [-0.2, -0.15) is 0 Å². The van der Waals surface area contributed by atoms with Gasteiger partial charge in [-0.25, -0.2) is 19.2 Å². The molecule has 6 aromatic carbocycles. The first kappa shape index (κ1) is 43.3. The van der Waals surface area contributed by atoms with Gasteiger partial charge in [-0.15, -0.1) is 0 Å². The zero-order chi connectivity index (χ0) is 45.9. The number of aromatic carboxylic acids is 2. The second-order valence-corrected chi connectivity index (χ2v) is 16.2. The van der Waals surface area contributed by atoms with Gasteiger partial charge in [0.15, 0.2) is 23.0 Å². The van der Waals surface area contributed by atoms with Crippen molar-refractivity contribution in [3.63, 3.8) is 0 Å². The molecule has 0 radical (unpaired) electrons. The van der Waals surface area contributed by atoms with Crippen LogP contribution < -0.4 is 40.0 Å². The van der Waals surface area contributed by atoms with E-state index < -0.39 is 28.8 Å². The molecule has 16 heteroatoms. The van der Waals surface area contributed by atoms with Crippen LogP contribution in [0.2, 0.25) is 10.0 Å². The molecule has 2 aliphatic heterocycles. The van der Waals surface area contributed by atoms with Gasteiger partial charge in [0.05, 0.1) is 0 Å². The lowest BCUT2D eigenvalue weighted by Crippen LogP contribution is -2.22. The van der Waals surface area contributed by atoms with Gasteiger partial charge in [0.2, 0.25) is 13.6 Å². The maximum Gasteiger partial charge on any atom is 0.351 e. The van der Waals surface area contributed by atoms with Gasteiger partial charge >= 0.3 is 23.2 Å². The van der Waals surface area contributed by atoms with Gasteiger partial charge in [-0.05, 0) is 107 Å². The smallest absolute Gasteiger partial charge is 0.351 e. The molecule has 2 aliphatic rings. The zero-order valence-corrected chi connectivity index (χ0v) is 36.1. The van der Waals surface area contributed by atoms with Crippen LogP contribution in [-0.4, -0.2) is 35.7 Å². The number of benzene rings is 6. The lowest BCUT2D eigenvalue weighted by atomic mass is 10.1. The van der Waals surface area contributed by atoms with Crippen LogP contribution in [0.5, 0.6) is 23.0 Å². The molecule has 0 fully saturated rings. The number of carbonyl (C=O) groups is 2. The fourth-order valence-corrected chi connectivity index (χ4v) is 7.76. The predicted octanol–water partition coefficient (Wildman–Crippen LogP) is 10.2. The summed E-state index contributed by atoms with van der Waals surface area (Å²) in [6.07, 6.45) is 0. The van der Waals surface area contributed by atoms with E-state index in [0.29, 0.717) is 81.2 Å². The van der Waals surface area contributed by atoms with Crippen molar-refractivity contribution < 1.29 is 47.6 Å². The molecular weight excluding hydrogens is 891 g/mol. The van der Waals surface area contributed by atoms with Crippen LogP contribution in [0.1, 0.15) is 43.0 Å².